The molecule has 4 aromatic carbocycles. The Morgan fingerprint density at radius 1 is 0.523 bits per heavy atom. The number of hydrogen-bond acceptors (Lipinski definition) is 4. The Balaban J connectivity index is 0.000000712. The van der Waals surface area contributed by atoms with Crippen molar-refractivity contribution in [3.05, 3.63) is 180 Å². The Bertz CT molecular complexity index is 1680. The Kier molecular flexibility index (Phi) is 11.3. The summed E-state index contributed by atoms with van der Waals surface area (Å²) in [7, 11) is -4.94. The van der Waals surface area contributed by atoms with Crippen LogP contribution in [0.4, 0.5) is 0 Å². The van der Waals surface area contributed by atoms with E-state index in [4.69, 9.17) is 18.6 Å². The molecule has 0 aliphatic carbocycles. The van der Waals surface area contributed by atoms with E-state index in [1.165, 1.54) is 49.5 Å². The van der Waals surface area contributed by atoms with Crippen molar-refractivity contribution < 1.29 is 28.9 Å². The molecule has 0 N–H and O–H groups in total. The predicted octanol–water partition coefficient (Wildman–Crippen LogP) is 4.34. The zero-order chi connectivity index (χ0) is 30.8. The molecule has 4 nitrogen and oxygen atoms in total. The van der Waals surface area contributed by atoms with E-state index in [9.17, 15) is 0 Å². The van der Waals surface area contributed by atoms with Gasteiger partial charge in [-0.3, -0.25) is 0 Å². The molecule has 44 heavy (non-hydrogen) atoms. The van der Waals surface area contributed by atoms with Crippen molar-refractivity contribution in [2.24, 2.45) is 0 Å². The van der Waals surface area contributed by atoms with Gasteiger partial charge in [0.2, 0.25) is 0 Å². The summed E-state index contributed by atoms with van der Waals surface area (Å²) < 4.78 is 39.8. The molecule has 7 heteroatoms. The maximum atomic E-state index is 8.49. The van der Waals surface area contributed by atoms with Gasteiger partial charge in [0.15, 0.2) is 0 Å². The van der Waals surface area contributed by atoms with E-state index in [2.05, 4.69) is 164 Å². The second kappa shape index (κ2) is 15.6. The molecule has 0 saturated heterocycles. The van der Waals surface area contributed by atoms with Crippen LogP contribution in [0.3, 0.4) is 0 Å². The van der Waals surface area contributed by atoms with Gasteiger partial charge in [-0.2, -0.15) is 0 Å². The number of benzene rings is 4. The van der Waals surface area contributed by atoms with Crippen molar-refractivity contribution in [1.82, 2.24) is 0 Å². The van der Waals surface area contributed by atoms with Crippen molar-refractivity contribution in [2.45, 2.75) is 0 Å². The first-order chi connectivity index (χ1) is 21.3. The van der Waals surface area contributed by atoms with Crippen LogP contribution in [0.25, 0.3) is 33.3 Å². The van der Waals surface area contributed by atoms with Gasteiger partial charge < -0.3 is 0 Å². The minimum absolute atomic E-state index is 0.257. The van der Waals surface area contributed by atoms with Gasteiger partial charge in [0.05, 0.1) is 0 Å². The SMILES string of the molecule is C(/C=C/c1cc(-c2ccccc2)[se+]c(-c2ccccc2)c1)=C1C=C(c2ccccc2)[Te]C(c2ccccc2)=C1.[O-][Cl+3]([O-])([O-])[O-]. The Morgan fingerprint density at radius 2 is 0.886 bits per heavy atom. The number of hydrogen-bond donors (Lipinski definition) is 0. The zero-order valence-corrected chi connectivity index (χ0v) is 28.2. The number of allylic oxidation sites excluding steroid dienone is 5. The fourth-order valence-corrected chi connectivity index (χ4v) is 10.1. The van der Waals surface area contributed by atoms with Gasteiger partial charge in [0.1, 0.15) is 0 Å². The van der Waals surface area contributed by atoms with Crippen molar-refractivity contribution in [3.8, 4) is 20.0 Å². The van der Waals surface area contributed by atoms with E-state index < -0.39 is 31.2 Å². The van der Waals surface area contributed by atoms with Gasteiger partial charge >= 0.3 is 249 Å². The van der Waals surface area contributed by atoms with E-state index in [0.29, 0.717) is 0 Å². The average Bonchev–Trinajstić information content (AvgIpc) is 3.05. The minimum Gasteiger partial charge on any atom is -0.222 e. The van der Waals surface area contributed by atoms with Crippen LogP contribution >= 0.6 is 0 Å². The maximum absolute atomic E-state index is 8.49. The third-order valence-electron chi connectivity index (χ3n) is 6.44. The first-order valence-electron chi connectivity index (χ1n) is 13.6. The summed E-state index contributed by atoms with van der Waals surface area (Å²) in [5.74, 6) is 0. The first kappa shape index (κ1) is 32.0. The first-order valence-corrected chi connectivity index (χ1v) is 18.9. The standard InChI is InChI=1S/C37H27SeTe.ClHO4/c1-5-16-30(17-6-1)34-24-28(25-35(38-34)31-18-7-2-8-19-31)14-13-15-29-26-36(32-20-9-3-10-21-32)39-37(27-29)33-22-11-4-12-23-33;2-1(3,4)5/h1-27H;(H,2,3,4,5)/q+1;/p-1/b14-13+;. The molecule has 1 aliphatic rings. The Morgan fingerprint density at radius 3 is 1.27 bits per heavy atom. The van der Waals surface area contributed by atoms with Gasteiger partial charge in [-0.15, -0.1) is 10.2 Å². The van der Waals surface area contributed by atoms with E-state index in [-0.39, 0.29) is 14.5 Å². The topological polar surface area (TPSA) is 92.2 Å². The van der Waals surface area contributed by atoms with E-state index >= 15 is 0 Å². The molecule has 0 unspecified atom stereocenters. The summed E-state index contributed by atoms with van der Waals surface area (Å²) in [5.41, 5.74) is 7.79. The van der Waals surface area contributed by atoms with E-state index in [0.717, 1.165) is 0 Å². The molecule has 0 fully saturated rings. The fraction of sp³-hybridized carbons (Fsp3) is 0. The summed E-state index contributed by atoms with van der Waals surface area (Å²) in [6.45, 7) is 0. The third-order valence-corrected chi connectivity index (χ3v) is 12.1. The van der Waals surface area contributed by atoms with Crippen LogP contribution in [0.15, 0.2) is 163 Å². The summed E-state index contributed by atoms with van der Waals surface area (Å²) in [6.07, 6.45) is 11.5. The molecule has 6 rings (SSSR count). The zero-order valence-electron chi connectivity index (χ0n) is 23.4. The third kappa shape index (κ3) is 9.82. The largest absolute Gasteiger partial charge is 0.222 e. The summed E-state index contributed by atoms with van der Waals surface area (Å²) >= 11 is -0.220. The fourth-order valence-electron chi connectivity index (χ4n) is 4.49. The molecular weight excluding hydrogens is 750 g/mol. The molecular formula is C37H27ClO4SeTe. The van der Waals surface area contributed by atoms with Crippen LogP contribution in [0.1, 0.15) is 16.7 Å². The molecule has 218 valence electrons. The summed E-state index contributed by atoms with van der Waals surface area (Å²) in [6, 6.07) is 48.0. The van der Waals surface area contributed by atoms with Crippen LogP contribution in [-0.4, -0.2) is 35.4 Å². The molecule has 1 aromatic heterocycles. The van der Waals surface area contributed by atoms with Gasteiger partial charge in [-0.05, 0) is 0 Å². The molecule has 1 aliphatic heterocycles. The van der Waals surface area contributed by atoms with Crippen molar-refractivity contribution in [1.29, 1.82) is 0 Å². The van der Waals surface area contributed by atoms with Gasteiger partial charge in [0.25, 0.3) is 0 Å². The van der Waals surface area contributed by atoms with Crippen LogP contribution in [0.2, 0.25) is 0 Å². The summed E-state index contributed by atoms with van der Waals surface area (Å²) in [4.78, 5) is 0. The smallest absolute Gasteiger partial charge is 0.112 e. The number of rotatable bonds is 6. The quantitative estimate of drug-likeness (QED) is 0.240. The van der Waals surface area contributed by atoms with Crippen LogP contribution in [0.5, 0.6) is 0 Å². The predicted molar refractivity (Wildman–Crippen MR) is 170 cm³/mol. The van der Waals surface area contributed by atoms with Crippen LogP contribution < -0.4 is 18.6 Å². The van der Waals surface area contributed by atoms with Gasteiger partial charge in [-0.1, -0.05) is 0 Å². The minimum atomic E-state index is -4.94. The normalized spacial score (nSPS) is 13.0. The van der Waals surface area contributed by atoms with Gasteiger partial charge in [0, 0.05) is 0 Å². The van der Waals surface area contributed by atoms with Crippen molar-refractivity contribution in [2.75, 3.05) is 0 Å². The molecule has 0 spiro atoms. The molecule has 0 amide bonds. The van der Waals surface area contributed by atoms with Gasteiger partial charge in [-0.25, -0.2) is 18.6 Å². The van der Waals surface area contributed by atoms with Crippen LogP contribution in [0, 0.1) is 10.2 Å². The monoisotopic (exact) mass is 780 g/mol. The molecule has 0 atom stereocenters. The second-order valence-electron chi connectivity index (χ2n) is 9.61. The van der Waals surface area contributed by atoms with Crippen molar-refractivity contribution in [3.63, 3.8) is 0 Å². The molecule has 0 radical (unpaired) electrons. The molecule has 0 saturated carbocycles. The second-order valence-corrected chi connectivity index (χ2v) is 15.7. The van der Waals surface area contributed by atoms with E-state index in [1.807, 2.05) is 0 Å². The molecule has 0 bridgehead atoms. The van der Waals surface area contributed by atoms with Crippen molar-refractivity contribution >= 4 is 48.7 Å². The Labute approximate surface area is 275 Å². The number of halogens is 1. The molecule has 2 heterocycles. The van der Waals surface area contributed by atoms with E-state index in [1.54, 1.807) is 0 Å². The average molecular weight is 778 g/mol. The maximum Gasteiger partial charge on any atom is -0.112 e. The molecule has 5 aromatic rings. The van der Waals surface area contributed by atoms with Crippen LogP contribution in [-0.2, 0) is 0 Å². The summed E-state index contributed by atoms with van der Waals surface area (Å²) in [5, 5.41) is 0. The Hall–Kier alpha value is -3.37.